The first-order valence-electron chi connectivity index (χ1n) is 4.49. The highest BCUT2D eigenvalue weighted by Gasteiger charge is 2.07. The van der Waals surface area contributed by atoms with Crippen molar-refractivity contribution in [2.45, 2.75) is 39.5 Å². The Hall–Kier alpha value is 0.780. The predicted octanol–water partition coefficient (Wildman–Crippen LogP) is 3.19. The second kappa shape index (κ2) is 8.38. The molecule has 0 amide bonds. The Morgan fingerprint density at radius 3 is 2.58 bits per heavy atom. The summed E-state index contributed by atoms with van der Waals surface area (Å²) in [4.78, 5) is 5.13. The third kappa shape index (κ3) is 7.43. The lowest BCUT2D eigenvalue weighted by atomic mass is 10.2. The predicted molar refractivity (Wildman–Crippen MR) is 58.6 cm³/mol. The van der Waals surface area contributed by atoms with Gasteiger partial charge < -0.3 is 0 Å². The van der Waals surface area contributed by atoms with Gasteiger partial charge in [-0.15, -0.1) is 9.24 Å². The Kier molecular flexibility index (Phi) is 8.93. The second-order valence-electron chi connectivity index (χ2n) is 3.14. The fraction of sp³-hybridized carbons (Fsp3) is 1.00. The van der Waals surface area contributed by atoms with Gasteiger partial charge in [-0.2, -0.15) is 0 Å². The van der Waals surface area contributed by atoms with E-state index in [1.165, 1.54) is 12.8 Å². The average Bonchev–Trinajstić information content (AvgIpc) is 2.03. The van der Waals surface area contributed by atoms with Crippen LogP contribution in [-0.2, 0) is 9.56 Å². The summed E-state index contributed by atoms with van der Waals surface area (Å²) in [7, 11) is 3.12. The summed E-state index contributed by atoms with van der Waals surface area (Å²) in [5.74, 6) is 0.616. The van der Waals surface area contributed by atoms with Crippen molar-refractivity contribution >= 4 is 18.0 Å². The molecule has 0 aliphatic heterocycles. The molecule has 0 aliphatic rings. The smallest absolute Gasteiger partial charge is 0.109 e. The van der Waals surface area contributed by atoms with Crippen molar-refractivity contribution in [1.29, 1.82) is 0 Å². The molecule has 2 nitrogen and oxygen atoms in total. The third-order valence-electron chi connectivity index (χ3n) is 1.51. The van der Waals surface area contributed by atoms with Crippen LogP contribution in [0, 0.1) is 5.92 Å². The van der Waals surface area contributed by atoms with Crippen LogP contribution in [-0.4, -0.2) is 12.0 Å². The highest BCUT2D eigenvalue weighted by Crippen LogP contribution is 2.21. The summed E-state index contributed by atoms with van der Waals surface area (Å²) in [5.41, 5.74) is 0. The molecule has 0 fully saturated rings. The largest absolute Gasteiger partial charge is 0.226 e. The zero-order chi connectivity index (χ0) is 9.40. The molecule has 0 heterocycles. The molecule has 0 aromatic carbocycles. The van der Waals surface area contributed by atoms with Gasteiger partial charge in [0, 0.05) is 0 Å². The number of hydrogen-bond acceptors (Lipinski definition) is 2. The molecule has 12 heavy (non-hydrogen) atoms. The molecular weight excluding hydrogens is 190 g/mol. The lowest BCUT2D eigenvalue weighted by Gasteiger charge is -2.14. The monoisotopic (exact) mass is 210 g/mol. The fourth-order valence-corrected chi connectivity index (χ4v) is 1.42. The van der Waals surface area contributed by atoms with Crippen molar-refractivity contribution in [3.05, 3.63) is 0 Å². The normalized spacial score (nSPS) is 14.8. The lowest BCUT2D eigenvalue weighted by Crippen LogP contribution is -2.09. The van der Waals surface area contributed by atoms with E-state index in [-0.39, 0.29) is 5.85 Å². The molecule has 0 rings (SSSR count). The van der Waals surface area contributed by atoms with Crippen LogP contribution in [0.2, 0.25) is 0 Å². The number of hydrogen-bond donors (Lipinski definition) is 0. The maximum atomic E-state index is 5.13. The zero-order valence-corrected chi connectivity index (χ0v) is 10.3. The summed E-state index contributed by atoms with van der Waals surface area (Å²) >= 11 is 0. The third-order valence-corrected chi connectivity index (χ3v) is 3.16. The first kappa shape index (κ1) is 12.8. The van der Waals surface area contributed by atoms with Crippen molar-refractivity contribution < 1.29 is 9.56 Å². The van der Waals surface area contributed by atoms with Crippen LogP contribution >= 0.6 is 18.0 Å². The highest BCUT2D eigenvalue weighted by atomic mass is 31.1. The van der Waals surface area contributed by atoms with Crippen molar-refractivity contribution in [2.75, 3.05) is 6.16 Å². The minimum absolute atomic E-state index is 0.124. The first-order chi connectivity index (χ1) is 5.68. The van der Waals surface area contributed by atoms with Gasteiger partial charge in [0.15, 0.2) is 0 Å². The van der Waals surface area contributed by atoms with Gasteiger partial charge in [0.25, 0.3) is 0 Å². The van der Waals surface area contributed by atoms with Gasteiger partial charge in [0.2, 0.25) is 0 Å². The Morgan fingerprint density at radius 2 is 2.08 bits per heavy atom. The molecule has 0 spiro atoms. The quantitative estimate of drug-likeness (QED) is 0.278. The van der Waals surface area contributed by atoms with E-state index in [0.29, 0.717) is 14.7 Å². The van der Waals surface area contributed by atoms with Gasteiger partial charge in [-0.3, -0.25) is 0 Å². The van der Waals surface area contributed by atoms with Crippen LogP contribution in [0.15, 0.2) is 0 Å². The maximum Gasteiger partial charge on any atom is 0.109 e. The number of unbranched alkanes of at least 4 members (excludes halogenated alkanes) is 1. The van der Waals surface area contributed by atoms with Crippen molar-refractivity contribution in [3.63, 3.8) is 0 Å². The van der Waals surface area contributed by atoms with Crippen LogP contribution < -0.4 is 0 Å². The van der Waals surface area contributed by atoms with Crippen LogP contribution in [0.4, 0.5) is 0 Å². The Balaban J connectivity index is 3.08. The summed E-state index contributed by atoms with van der Waals surface area (Å²) in [6.07, 6.45) is 3.57. The Bertz CT molecular complexity index is 99.1. The van der Waals surface area contributed by atoms with Crippen molar-refractivity contribution in [3.8, 4) is 0 Å². The number of rotatable bonds is 7. The molecule has 0 N–H and O–H groups in total. The second-order valence-corrected chi connectivity index (χ2v) is 4.75. The molecule has 74 valence electrons. The molecular formula is C8H20O2P2. The van der Waals surface area contributed by atoms with E-state index in [1.54, 1.807) is 0 Å². The molecule has 0 saturated carbocycles. The standard InChI is InChI=1S/C8H20O2P2/c1-4-5-6-12-10-9-8(11)7(2)3/h7-8,12H,4-6,11H2,1-3H3. The van der Waals surface area contributed by atoms with Crippen LogP contribution in [0.5, 0.6) is 0 Å². The van der Waals surface area contributed by atoms with Gasteiger partial charge in [-0.25, -0.2) is 9.56 Å². The van der Waals surface area contributed by atoms with Crippen molar-refractivity contribution in [2.24, 2.45) is 5.92 Å². The molecule has 0 aromatic heterocycles. The van der Waals surface area contributed by atoms with Gasteiger partial charge in [0.05, 0.1) is 8.81 Å². The van der Waals surface area contributed by atoms with Crippen LogP contribution in [0.25, 0.3) is 0 Å². The molecule has 0 aromatic rings. The summed E-state index contributed by atoms with van der Waals surface area (Å²) in [6, 6.07) is 0. The van der Waals surface area contributed by atoms with Gasteiger partial charge in [0.1, 0.15) is 5.85 Å². The molecule has 0 aliphatic carbocycles. The minimum atomic E-state index is 0.124. The maximum absolute atomic E-state index is 5.13. The van der Waals surface area contributed by atoms with Crippen LogP contribution in [0.3, 0.4) is 0 Å². The van der Waals surface area contributed by atoms with E-state index in [1.807, 2.05) is 0 Å². The van der Waals surface area contributed by atoms with Gasteiger partial charge >= 0.3 is 0 Å². The summed E-state index contributed by atoms with van der Waals surface area (Å²) in [6.45, 7) is 6.39. The van der Waals surface area contributed by atoms with E-state index in [0.717, 1.165) is 6.16 Å². The minimum Gasteiger partial charge on any atom is -0.226 e. The van der Waals surface area contributed by atoms with E-state index >= 15 is 0 Å². The van der Waals surface area contributed by atoms with Gasteiger partial charge in [-0.05, 0) is 18.5 Å². The summed E-state index contributed by atoms with van der Waals surface area (Å²) < 4.78 is 5.07. The zero-order valence-electron chi connectivity index (χ0n) is 8.17. The van der Waals surface area contributed by atoms with E-state index in [4.69, 9.17) is 9.56 Å². The molecule has 3 atom stereocenters. The van der Waals surface area contributed by atoms with Crippen molar-refractivity contribution in [1.82, 2.24) is 0 Å². The highest BCUT2D eigenvalue weighted by molar-refractivity contribution is 7.32. The Morgan fingerprint density at radius 1 is 1.42 bits per heavy atom. The van der Waals surface area contributed by atoms with E-state index < -0.39 is 0 Å². The fourth-order valence-electron chi connectivity index (χ4n) is 0.491. The summed E-state index contributed by atoms with van der Waals surface area (Å²) in [5, 5.41) is 0. The van der Waals surface area contributed by atoms with E-state index in [2.05, 4.69) is 30.0 Å². The SMILES string of the molecule is CCCCPOOC(P)C(C)C. The Labute approximate surface area is 79.8 Å². The molecule has 0 radical (unpaired) electrons. The average molecular weight is 210 g/mol. The van der Waals surface area contributed by atoms with Gasteiger partial charge in [-0.1, -0.05) is 27.2 Å². The molecule has 0 bridgehead atoms. The topological polar surface area (TPSA) is 18.5 Å². The molecule has 4 heteroatoms. The molecule has 3 unspecified atom stereocenters. The van der Waals surface area contributed by atoms with Crippen LogP contribution in [0.1, 0.15) is 33.6 Å². The first-order valence-corrected chi connectivity index (χ1v) is 6.27. The molecule has 0 saturated heterocycles. The van der Waals surface area contributed by atoms with E-state index in [9.17, 15) is 0 Å². The lowest BCUT2D eigenvalue weighted by molar-refractivity contribution is -0.218.